The minimum atomic E-state index is -0.946. The summed E-state index contributed by atoms with van der Waals surface area (Å²) in [6.45, 7) is 0. The number of rotatable bonds is 2. The van der Waals surface area contributed by atoms with Crippen LogP contribution in [0.2, 0.25) is 5.02 Å². The molecule has 5 heteroatoms. The van der Waals surface area contributed by atoms with E-state index in [1.165, 1.54) is 11.3 Å². The summed E-state index contributed by atoms with van der Waals surface area (Å²) in [4.78, 5) is 15.5. The minimum absolute atomic E-state index is 0.256. The van der Waals surface area contributed by atoms with Crippen LogP contribution in [0.5, 0.6) is 0 Å². The number of nitrogens with zero attached hydrogens (tertiary/aromatic N) is 1. The Labute approximate surface area is 118 Å². The average Bonchev–Trinajstić information content (AvgIpc) is 2.85. The molecule has 0 fully saturated rings. The number of aromatic nitrogens is 1. The first-order valence-corrected chi connectivity index (χ1v) is 6.77. The molecule has 3 aromatic rings. The minimum Gasteiger partial charge on any atom is -0.478 e. The first-order valence-electron chi connectivity index (χ1n) is 5.51. The third-order valence-corrected chi connectivity index (χ3v) is 3.83. The van der Waals surface area contributed by atoms with Crippen LogP contribution in [0.15, 0.2) is 41.9 Å². The maximum atomic E-state index is 11.2. The SMILES string of the molecule is O=C(O)c1cc(-c2cccc(Cl)c2)c2ncsc2c1. The second-order valence-corrected chi connectivity index (χ2v) is 5.36. The topological polar surface area (TPSA) is 50.2 Å². The van der Waals surface area contributed by atoms with Gasteiger partial charge in [0.1, 0.15) is 0 Å². The summed E-state index contributed by atoms with van der Waals surface area (Å²) in [5.74, 6) is -0.946. The van der Waals surface area contributed by atoms with Gasteiger partial charge in [0, 0.05) is 10.6 Å². The normalized spacial score (nSPS) is 10.8. The molecule has 0 saturated carbocycles. The molecule has 0 saturated heterocycles. The molecule has 0 atom stereocenters. The van der Waals surface area contributed by atoms with Gasteiger partial charge in [-0.3, -0.25) is 0 Å². The van der Waals surface area contributed by atoms with Crippen molar-refractivity contribution >= 4 is 39.1 Å². The molecular weight excluding hydrogens is 282 g/mol. The number of benzene rings is 2. The zero-order chi connectivity index (χ0) is 13.4. The largest absolute Gasteiger partial charge is 0.478 e. The van der Waals surface area contributed by atoms with E-state index < -0.39 is 5.97 Å². The van der Waals surface area contributed by atoms with Crippen LogP contribution in [-0.2, 0) is 0 Å². The molecule has 94 valence electrons. The predicted octanol–water partition coefficient (Wildman–Crippen LogP) is 4.31. The van der Waals surface area contributed by atoms with Crippen LogP contribution in [0.3, 0.4) is 0 Å². The van der Waals surface area contributed by atoms with E-state index >= 15 is 0 Å². The first kappa shape index (κ1) is 12.1. The maximum Gasteiger partial charge on any atom is 0.335 e. The van der Waals surface area contributed by atoms with Gasteiger partial charge in [0.05, 0.1) is 21.3 Å². The second kappa shape index (κ2) is 4.64. The summed E-state index contributed by atoms with van der Waals surface area (Å²) in [7, 11) is 0. The van der Waals surface area contributed by atoms with Crippen molar-refractivity contribution in [2.24, 2.45) is 0 Å². The Bertz CT molecular complexity index is 782. The van der Waals surface area contributed by atoms with Crippen molar-refractivity contribution in [1.29, 1.82) is 0 Å². The number of aromatic carboxylic acids is 1. The van der Waals surface area contributed by atoms with Crippen molar-refractivity contribution in [3.05, 3.63) is 52.5 Å². The van der Waals surface area contributed by atoms with Gasteiger partial charge in [-0.1, -0.05) is 23.7 Å². The zero-order valence-electron chi connectivity index (χ0n) is 9.63. The van der Waals surface area contributed by atoms with Gasteiger partial charge in [-0.05, 0) is 29.8 Å². The number of carbonyl (C=O) groups is 1. The highest BCUT2D eigenvalue weighted by atomic mass is 35.5. The highest BCUT2D eigenvalue weighted by molar-refractivity contribution is 7.16. The van der Waals surface area contributed by atoms with E-state index in [-0.39, 0.29) is 5.56 Å². The molecule has 1 heterocycles. The Morgan fingerprint density at radius 1 is 1.26 bits per heavy atom. The number of carboxylic acids is 1. The predicted molar refractivity (Wildman–Crippen MR) is 77.0 cm³/mol. The van der Waals surface area contributed by atoms with E-state index in [0.29, 0.717) is 5.02 Å². The van der Waals surface area contributed by atoms with Crippen LogP contribution in [0.1, 0.15) is 10.4 Å². The van der Waals surface area contributed by atoms with Gasteiger partial charge in [-0.15, -0.1) is 11.3 Å². The lowest BCUT2D eigenvalue weighted by Gasteiger charge is -2.05. The van der Waals surface area contributed by atoms with Crippen LogP contribution in [0, 0.1) is 0 Å². The highest BCUT2D eigenvalue weighted by Gasteiger charge is 2.12. The summed E-state index contributed by atoms with van der Waals surface area (Å²) >= 11 is 7.41. The average molecular weight is 290 g/mol. The molecule has 0 aliphatic carbocycles. The van der Waals surface area contributed by atoms with E-state index in [9.17, 15) is 4.79 Å². The molecule has 0 amide bonds. The number of hydrogen-bond donors (Lipinski definition) is 1. The molecule has 0 unspecified atom stereocenters. The molecule has 19 heavy (non-hydrogen) atoms. The fraction of sp³-hybridized carbons (Fsp3) is 0. The van der Waals surface area contributed by atoms with E-state index in [4.69, 9.17) is 16.7 Å². The highest BCUT2D eigenvalue weighted by Crippen LogP contribution is 2.32. The van der Waals surface area contributed by atoms with E-state index in [2.05, 4.69) is 4.98 Å². The summed E-state index contributed by atoms with van der Waals surface area (Å²) in [5.41, 5.74) is 4.43. The molecule has 0 aliphatic heterocycles. The second-order valence-electron chi connectivity index (χ2n) is 4.04. The van der Waals surface area contributed by atoms with Crippen molar-refractivity contribution in [3.8, 4) is 11.1 Å². The lowest BCUT2D eigenvalue weighted by molar-refractivity contribution is 0.0697. The lowest BCUT2D eigenvalue weighted by Crippen LogP contribution is -1.96. The van der Waals surface area contributed by atoms with Crippen molar-refractivity contribution in [2.75, 3.05) is 0 Å². The molecule has 0 radical (unpaired) electrons. The molecule has 0 spiro atoms. The van der Waals surface area contributed by atoms with Gasteiger partial charge in [0.25, 0.3) is 0 Å². The third kappa shape index (κ3) is 2.20. The van der Waals surface area contributed by atoms with Crippen LogP contribution in [0.4, 0.5) is 0 Å². The van der Waals surface area contributed by atoms with Crippen LogP contribution < -0.4 is 0 Å². The molecule has 1 N–H and O–H groups in total. The smallest absolute Gasteiger partial charge is 0.335 e. The number of carboxylic acid groups (broad SMARTS) is 1. The van der Waals surface area contributed by atoms with Gasteiger partial charge >= 0.3 is 5.97 Å². The van der Waals surface area contributed by atoms with Gasteiger partial charge in [0.2, 0.25) is 0 Å². The van der Waals surface area contributed by atoms with Crippen molar-refractivity contribution in [1.82, 2.24) is 4.98 Å². The standard InChI is InChI=1S/C14H8ClNO2S/c15-10-3-1-2-8(4-10)11-5-9(14(17)18)6-12-13(11)16-7-19-12/h1-7H,(H,17,18). The van der Waals surface area contributed by atoms with Crippen molar-refractivity contribution in [2.45, 2.75) is 0 Å². The van der Waals surface area contributed by atoms with Gasteiger partial charge in [0.15, 0.2) is 0 Å². The fourth-order valence-corrected chi connectivity index (χ4v) is 2.90. The fourth-order valence-electron chi connectivity index (χ4n) is 1.97. The van der Waals surface area contributed by atoms with Gasteiger partial charge < -0.3 is 5.11 Å². The summed E-state index contributed by atoms with van der Waals surface area (Å²) in [6, 6.07) is 10.6. The maximum absolute atomic E-state index is 11.2. The van der Waals surface area contributed by atoms with Gasteiger partial charge in [-0.2, -0.15) is 0 Å². The number of fused-ring (bicyclic) bond motifs is 1. The van der Waals surface area contributed by atoms with E-state index in [0.717, 1.165) is 21.3 Å². The number of hydrogen-bond acceptors (Lipinski definition) is 3. The molecule has 3 rings (SSSR count). The lowest BCUT2D eigenvalue weighted by atomic mass is 10.0. The Morgan fingerprint density at radius 2 is 2.11 bits per heavy atom. The van der Waals surface area contributed by atoms with Gasteiger partial charge in [-0.25, -0.2) is 9.78 Å². The Hall–Kier alpha value is -1.91. The van der Waals surface area contributed by atoms with E-state index in [1.807, 2.05) is 12.1 Å². The van der Waals surface area contributed by atoms with Crippen LogP contribution in [-0.4, -0.2) is 16.1 Å². The molecule has 3 nitrogen and oxygen atoms in total. The summed E-state index contributed by atoms with van der Waals surface area (Å²) < 4.78 is 0.856. The third-order valence-electron chi connectivity index (χ3n) is 2.82. The summed E-state index contributed by atoms with van der Waals surface area (Å²) in [6.07, 6.45) is 0. The number of thiazole rings is 1. The molecule has 1 aromatic heterocycles. The van der Waals surface area contributed by atoms with Crippen molar-refractivity contribution in [3.63, 3.8) is 0 Å². The molecule has 0 aliphatic rings. The van der Waals surface area contributed by atoms with Crippen LogP contribution in [0.25, 0.3) is 21.3 Å². The monoisotopic (exact) mass is 289 g/mol. The van der Waals surface area contributed by atoms with E-state index in [1.54, 1.807) is 29.8 Å². The summed E-state index contributed by atoms with van der Waals surface area (Å²) in [5, 5.41) is 9.78. The Kier molecular flexibility index (Phi) is 2.97. The molecule has 2 aromatic carbocycles. The quantitative estimate of drug-likeness (QED) is 0.764. The van der Waals surface area contributed by atoms with Crippen molar-refractivity contribution < 1.29 is 9.90 Å². The molecular formula is C14H8ClNO2S. The Morgan fingerprint density at radius 3 is 2.84 bits per heavy atom. The Balaban J connectivity index is 2.32. The molecule has 0 bridgehead atoms. The zero-order valence-corrected chi connectivity index (χ0v) is 11.2. The van der Waals surface area contributed by atoms with Crippen LogP contribution >= 0.6 is 22.9 Å². The first-order chi connectivity index (χ1) is 9.15. The number of halogens is 1.